The molecule has 0 aromatic carbocycles. The van der Waals surface area contributed by atoms with Crippen molar-refractivity contribution >= 4 is 0 Å². The zero-order chi connectivity index (χ0) is 14.5. The number of hydrogen-bond donors (Lipinski definition) is 0. The van der Waals surface area contributed by atoms with Crippen molar-refractivity contribution in [3.05, 3.63) is 12.2 Å². The van der Waals surface area contributed by atoms with E-state index < -0.39 is 0 Å². The lowest BCUT2D eigenvalue weighted by Crippen LogP contribution is -2.52. The van der Waals surface area contributed by atoms with Gasteiger partial charge in [-0.1, -0.05) is 18.6 Å². The van der Waals surface area contributed by atoms with Crippen molar-refractivity contribution in [2.45, 2.75) is 44.6 Å². The maximum absolute atomic E-state index is 2.71. The molecule has 3 heteroatoms. The van der Waals surface area contributed by atoms with E-state index in [1.165, 1.54) is 84.3 Å². The summed E-state index contributed by atoms with van der Waals surface area (Å²) in [6.07, 6.45) is 13.0. The molecule has 0 aromatic heterocycles. The van der Waals surface area contributed by atoms with Crippen LogP contribution in [0.5, 0.6) is 0 Å². The summed E-state index contributed by atoms with van der Waals surface area (Å²) in [4.78, 5) is 8.01. The quantitative estimate of drug-likeness (QED) is 0.737. The molecule has 3 nitrogen and oxygen atoms in total. The number of likely N-dealkylation sites (N-methyl/N-ethyl adjacent to an activating group) is 1. The zero-order valence-corrected chi connectivity index (χ0v) is 13.8. The molecule has 3 rings (SSSR count). The van der Waals surface area contributed by atoms with E-state index in [9.17, 15) is 0 Å². The van der Waals surface area contributed by atoms with Crippen LogP contribution in [0, 0.1) is 5.92 Å². The highest BCUT2D eigenvalue weighted by molar-refractivity contribution is 4.91. The van der Waals surface area contributed by atoms with E-state index in [4.69, 9.17) is 0 Å². The number of piperidine rings is 1. The minimum Gasteiger partial charge on any atom is -0.302 e. The van der Waals surface area contributed by atoms with Crippen molar-refractivity contribution in [3.63, 3.8) is 0 Å². The molecule has 2 fully saturated rings. The van der Waals surface area contributed by atoms with Gasteiger partial charge in [-0.05, 0) is 51.6 Å². The smallest absolute Gasteiger partial charge is 0.0220 e. The van der Waals surface area contributed by atoms with Crippen molar-refractivity contribution < 1.29 is 0 Å². The molecule has 2 atom stereocenters. The highest BCUT2D eigenvalue weighted by Crippen LogP contribution is 2.21. The monoisotopic (exact) mass is 291 g/mol. The lowest BCUT2D eigenvalue weighted by molar-refractivity contribution is 0.0771. The number of nitrogens with zero attached hydrogens (tertiary/aromatic N) is 3. The maximum atomic E-state index is 2.71. The summed E-state index contributed by atoms with van der Waals surface area (Å²) in [7, 11) is 2.32. The van der Waals surface area contributed by atoms with E-state index in [0.717, 1.165) is 12.0 Å². The van der Waals surface area contributed by atoms with E-state index >= 15 is 0 Å². The largest absolute Gasteiger partial charge is 0.302 e. The van der Waals surface area contributed by atoms with Crippen molar-refractivity contribution in [2.24, 2.45) is 5.92 Å². The summed E-state index contributed by atoms with van der Waals surface area (Å²) in [5.74, 6) is 0.922. The topological polar surface area (TPSA) is 9.72 Å². The number of allylic oxidation sites excluding steroid dienone is 2. The Kier molecular flexibility index (Phi) is 5.73. The summed E-state index contributed by atoms with van der Waals surface area (Å²) in [5.41, 5.74) is 0. The Labute approximate surface area is 131 Å². The van der Waals surface area contributed by atoms with Gasteiger partial charge in [0.1, 0.15) is 0 Å². The van der Waals surface area contributed by atoms with Gasteiger partial charge in [0.15, 0.2) is 0 Å². The first-order chi connectivity index (χ1) is 10.3. The molecule has 0 radical (unpaired) electrons. The second kappa shape index (κ2) is 7.75. The van der Waals surface area contributed by atoms with Crippen LogP contribution >= 0.6 is 0 Å². The second-order valence-corrected chi connectivity index (χ2v) is 7.38. The first kappa shape index (κ1) is 15.5. The first-order valence-electron chi connectivity index (χ1n) is 9.11. The number of piperazine rings is 1. The minimum absolute atomic E-state index is 0.814. The fourth-order valence-corrected chi connectivity index (χ4v) is 4.21. The molecule has 0 spiro atoms. The van der Waals surface area contributed by atoms with Gasteiger partial charge in [-0.15, -0.1) is 0 Å². The minimum atomic E-state index is 0.814. The van der Waals surface area contributed by atoms with Gasteiger partial charge in [0.25, 0.3) is 0 Å². The molecule has 2 saturated heterocycles. The Morgan fingerprint density at radius 1 is 0.857 bits per heavy atom. The lowest BCUT2D eigenvalue weighted by Gasteiger charge is -2.41. The van der Waals surface area contributed by atoms with Crippen molar-refractivity contribution in [2.75, 3.05) is 52.9 Å². The molecule has 2 heterocycles. The van der Waals surface area contributed by atoms with Crippen molar-refractivity contribution in [1.82, 2.24) is 14.7 Å². The van der Waals surface area contributed by atoms with Crippen LogP contribution in [0.4, 0.5) is 0 Å². The van der Waals surface area contributed by atoms with Crippen LogP contribution in [0.25, 0.3) is 0 Å². The third-order valence-corrected chi connectivity index (χ3v) is 5.75. The summed E-state index contributed by atoms with van der Waals surface area (Å²) in [6.45, 7) is 9.09. The van der Waals surface area contributed by atoms with Crippen LogP contribution in [0.3, 0.4) is 0 Å². The van der Waals surface area contributed by atoms with Crippen molar-refractivity contribution in [1.29, 1.82) is 0 Å². The zero-order valence-electron chi connectivity index (χ0n) is 13.8. The van der Waals surface area contributed by atoms with Crippen molar-refractivity contribution in [3.8, 4) is 0 Å². The van der Waals surface area contributed by atoms with Gasteiger partial charge in [-0.3, -0.25) is 4.90 Å². The maximum Gasteiger partial charge on any atom is 0.0220 e. The Hall–Kier alpha value is -0.380. The standard InChI is InChI=1S/C18H33N3/c1-19-10-6-5-9-18(19)16-21-13-11-20(12-14-21)15-17-7-3-2-4-8-17/h2-3,17-18H,4-16H2,1H3/t17-,18-/m1/s1. The average Bonchev–Trinajstić information content (AvgIpc) is 2.52. The van der Waals surface area contributed by atoms with E-state index in [1.807, 2.05) is 0 Å². The fraction of sp³-hybridized carbons (Fsp3) is 0.889. The van der Waals surface area contributed by atoms with Gasteiger partial charge >= 0.3 is 0 Å². The Balaban J connectivity index is 1.37. The number of hydrogen-bond acceptors (Lipinski definition) is 3. The summed E-state index contributed by atoms with van der Waals surface area (Å²) in [5, 5.41) is 0. The Morgan fingerprint density at radius 3 is 2.29 bits per heavy atom. The number of likely N-dealkylation sites (tertiary alicyclic amines) is 1. The van der Waals surface area contributed by atoms with Crippen LogP contribution in [0.15, 0.2) is 12.2 Å². The van der Waals surface area contributed by atoms with Gasteiger partial charge in [0, 0.05) is 45.3 Å². The molecule has 2 aliphatic heterocycles. The molecule has 0 aromatic rings. The molecular weight excluding hydrogens is 258 g/mol. The van der Waals surface area contributed by atoms with Gasteiger partial charge in [-0.25, -0.2) is 0 Å². The van der Waals surface area contributed by atoms with Crippen LogP contribution in [0.2, 0.25) is 0 Å². The van der Waals surface area contributed by atoms with Crippen LogP contribution in [-0.2, 0) is 0 Å². The summed E-state index contributed by atoms with van der Waals surface area (Å²) in [6, 6.07) is 0.814. The predicted molar refractivity (Wildman–Crippen MR) is 89.6 cm³/mol. The first-order valence-corrected chi connectivity index (χ1v) is 9.11. The van der Waals surface area contributed by atoms with Gasteiger partial charge < -0.3 is 9.80 Å². The highest BCUT2D eigenvalue weighted by atomic mass is 15.3. The van der Waals surface area contributed by atoms with E-state index in [1.54, 1.807) is 0 Å². The molecule has 0 amide bonds. The second-order valence-electron chi connectivity index (χ2n) is 7.38. The molecule has 21 heavy (non-hydrogen) atoms. The summed E-state index contributed by atoms with van der Waals surface area (Å²) >= 11 is 0. The molecule has 0 saturated carbocycles. The molecular formula is C18H33N3. The number of rotatable bonds is 4. The third-order valence-electron chi connectivity index (χ3n) is 5.75. The van der Waals surface area contributed by atoms with E-state index in [-0.39, 0.29) is 0 Å². The average molecular weight is 291 g/mol. The van der Waals surface area contributed by atoms with Crippen LogP contribution in [0.1, 0.15) is 38.5 Å². The Morgan fingerprint density at radius 2 is 1.62 bits per heavy atom. The molecule has 1 aliphatic carbocycles. The predicted octanol–water partition coefficient (Wildman–Crippen LogP) is 2.44. The van der Waals surface area contributed by atoms with E-state index in [0.29, 0.717) is 0 Å². The molecule has 0 N–H and O–H groups in total. The SMILES string of the molecule is CN1CCCC[C@@H]1CN1CCN(C[C@@H]2CC=CCC2)CC1. The molecule has 0 bridgehead atoms. The van der Waals surface area contributed by atoms with Gasteiger partial charge in [0.05, 0.1) is 0 Å². The van der Waals surface area contributed by atoms with Gasteiger partial charge in [-0.2, -0.15) is 0 Å². The summed E-state index contributed by atoms with van der Waals surface area (Å²) < 4.78 is 0. The lowest BCUT2D eigenvalue weighted by atomic mass is 9.94. The normalized spacial score (nSPS) is 33.4. The fourth-order valence-electron chi connectivity index (χ4n) is 4.21. The highest BCUT2D eigenvalue weighted by Gasteiger charge is 2.25. The molecule has 0 unspecified atom stereocenters. The third kappa shape index (κ3) is 4.54. The van der Waals surface area contributed by atoms with Crippen LogP contribution < -0.4 is 0 Å². The molecule has 120 valence electrons. The molecule has 3 aliphatic rings. The van der Waals surface area contributed by atoms with Crippen LogP contribution in [-0.4, -0.2) is 73.6 Å². The Bertz CT molecular complexity index is 333. The van der Waals surface area contributed by atoms with E-state index in [2.05, 4.69) is 33.9 Å². The van der Waals surface area contributed by atoms with Gasteiger partial charge in [0.2, 0.25) is 0 Å².